The maximum absolute atomic E-state index is 15.2. The zero-order valence-corrected chi connectivity index (χ0v) is 37.8. The monoisotopic (exact) mass is 946 g/mol. The lowest BCUT2D eigenvalue weighted by molar-refractivity contribution is -0.136. The van der Waals surface area contributed by atoms with Crippen molar-refractivity contribution in [2.24, 2.45) is 5.92 Å². The van der Waals surface area contributed by atoms with Crippen LogP contribution in [0.15, 0.2) is 83.9 Å². The number of fused-ring (bicyclic) bond motifs is 2. The van der Waals surface area contributed by atoms with Gasteiger partial charge in [0.1, 0.15) is 35.9 Å². The minimum absolute atomic E-state index is 0.0155. The molecule has 10 rings (SSSR count). The van der Waals surface area contributed by atoms with Gasteiger partial charge in [-0.05, 0) is 110 Å². The highest BCUT2D eigenvalue weighted by molar-refractivity contribution is 7.90. The number of carbonyl (C=O) groups is 3. The summed E-state index contributed by atoms with van der Waals surface area (Å²) in [5.74, 6) is -1.77. The summed E-state index contributed by atoms with van der Waals surface area (Å²) in [5.41, 5.74) is 3.51. The van der Waals surface area contributed by atoms with Crippen molar-refractivity contribution in [2.45, 2.75) is 50.9 Å². The lowest BCUT2D eigenvalue weighted by atomic mass is 9.95. The summed E-state index contributed by atoms with van der Waals surface area (Å²) >= 11 is 0. The van der Waals surface area contributed by atoms with Gasteiger partial charge >= 0.3 is 10.2 Å². The number of aromatic nitrogens is 2. The van der Waals surface area contributed by atoms with Crippen LogP contribution in [-0.4, -0.2) is 121 Å². The van der Waals surface area contributed by atoms with Crippen LogP contribution < -0.4 is 30.1 Å². The van der Waals surface area contributed by atoms with Gasteiger partial charge in [-0.15, -0.1) is 0 Å². The Labute approximate surface area is 390 Å². The molecule has 6 heterocycles. The van der Waals surface area contributed by atoms with Gasteiger partial charge in [-0.2, -0.15) is 18.0 Å². The number of piperazine rings is 1. The van der Waals surface area contributed by atoms with Crippen LogP contribution in [0.25, 0.3) is 16.6 Å². The van der Waals surface area contributed by atoms with Crippen LogP contribution in [0.5, 0.6) is 11.5 Å². The first-order chi connectivity index (χ1) is 32.8. The van der Waals surface area contributed by atoms with Crippen molar-refractivity contribution in [3.63, 3.8) is 0 Å². The first-order valence-electron chi connectivity index (χ1n) is 22.8. The van der Waals surface area contributed by atoms with Gasteiger partial charge in [0.05, 0.1) is 22.3 Å². The number of hydrogen-bond donors (Lipinski definition) is 2. The average molecular weight is 947 g/mol. The molecule has 1 aromatic heterocycles. The molecule has 5 aliphatic heterocycles. The largest absolute Gasteiger partial charge is 0.453 e. The molecule has 4 fully saturated rings. The van der Waals surface area contributed by atoms with Gasteiger partial charge in [0.15, 0.2) is 11.6 Å². The first kappa shape index (κ1) is 44.9. The van der Waals surface area contributed by atoms with Crippen molar-refractivity contribution in [1.82, 2.24) is 29.0 Å². The molecule has 4 saturated heterocycles. The summed E-state index contributed by atoms with van der Waals surface area (Å²) in [6, 6.07) is 21.2. The Morgan fingerprint density at radius 2 is 1.57 bits per heavy atom. The van der Waals surface area contributed by atoms with E-state index in [4.69, 9.17) is 4.74 Å². The smallest absolute Gasteiger partial charge is 0.301 e. The van der Waals surface area contributed by atoms with E-state index in [0.29, 0.717) is 35.7 Å². The summed E-state index contributed by atoms with van der Waals surface area (Å²) < 4.78 is 65.2. The first-order valence-corrected chi connectivity index (χ1v) is 24.2. The second-order valence-electron chi connectivity index (χ2n) is 17.9. The number of nitrogens with zero attached hydrogens (tertiary/aromatic N) is 8. The highest BCUT2D eigenvalue weighted by Crippen LogP contribution is 2.36. The molecule has 0 aliphatic carbocycles. The normalized spacial score (nSPS) is 20.7. The van der Waals surface area contributed by atoms with Crippen molar-refractivity contribution >= 4 is 55.9 Å². The zero-order valence-electron chi connectivity index (χ0n) is 36.9. The fraction of sp³-hybridized carbons (Fsp3) is 0.375. The van der Waals surface area contributed by atoms with Gasteiger partial charge in [0, 0.05) is 88.8 Å². The Bertz CT molecular complexity index is 3040. The summed E-state index contributed by atoms with van der Waals surface area (Å²) in [7, 11) is -4.24. The Morgan fingerprint density at radius 3 is 2.29 bits per heavy atom. The molecule has 4 aromatic carbocycles. The highest BCUT2D eigenvalue weighted by Gasteiger charge is 2.39. The molecule has 68 heavy (non-hydrogen) atoms. The number of amides is 3. The minimum Gasteiger partial charge on any atom is -0.453 e. The molecule has 20 heteroatoms. The van der Waals surface area contributed by atoms with Gasteiger partial charge in [0.25, 0.3) is 11.5 Å². The molecule has 3 amide bonds. The van der Waals surface area contributed by atoms with E-state index in [2.05, 4.69) is 35.8 Å². The number of piperidine rings is 2. The number of ether oxygens (including phenoxy) is 1. The van der Waals surface area contributed by atoms with Crippen LogP contribution in [0.1, 0.15) is 53.6 Å². The highest BCUT2D eigenvalue weighted by atomic mass is 32.2. The molecule has 0 radical (unpaired) electrons. The molecule has 0 spiro atoms. The Balaban J connectivity index is 0.733. The van der Waals surface area contributed by atoms with Crippen molar-refractivity contribution in [2.75, 3.05) is 73.4 Å². The van der Waals surface area contributed by atoms with E-state index >= 15 is 4.39 Å². The van der Waals surface area contributed by atoms with Gasteiger partial charge < -0.3 is 19.4 Å². The van der Waals surface area contributed by atoms with Crippen molar-refractivity contribution in [1.29, 1.82) is 5.26 Å². The SMILES string of the molecule is N#Cc1c(NS(=O)(=O)N2CC[C@@H](F)C2)ccc(F)c1Oc1ccc2ncn(-c3ccc(N4CCN(CC5CCN(c6ccc7c(c6)CN(C6CCC(=O)NC6=O)C7=O)CC5)CC4)cc3)c(=O)c2c1. The zero-order chi connectivity index (χ0) is 47.3. The van der Waals surface area contributed by atoms with E-state index in [1.165, 1.54) is 29.1 Å². The number of hydrogen-bond acceptors (Lipinski definition) is 12. The van der Waals surface area contributed by atoms with Gasteiger partial charge in [-0.25, -0.2) is 13.8 Å². The van der Waals surface area contributed by atoms with Crippen LogP contribution in [0.3, 0.4) is 0 Å². The molecule has 0 bridgehead atoms. The van der Waals surface area contributed by atoms with Crippen LogP contribution in [0, 0.1) is 23.1 Å². The maximum Gasteiger partial charge on any atom is 0.301 e. The third kappa shape index (κ3) is 8.84. The van der Waals surface area contributed by atoms with Crippen molar-refractivity contribution < 1.29 is 36.3 Å². The fourth-order valence-electron chi connectivity index (χ4n) is 9.94. The number of imide groups is 1. The second-order valence-corrected chi connectivity index (χ2v) is 19.6. The van der Waals surface area contributed by atoms with Gasteiger partial charge in [-0.3, -0.25) is 38.7 Å². The molecule has 2 atom stereocenters. The maximum atomic E-state index is 15.2. The van der Waals surface area contributed by atoms with E-state index in [9.17, 15) is 37.2 Å². The molecule has 17 nitrogen and oxygen atoms in total. The molecule has 1 unspecified atom stereocenters. The summed E-state index contributed by atoms with van der Waals surface area (Å²) in [4.78, 5) is 64.5. The molecule has 5 aliphatic rings. The third-order valence-corrected chi connectivity index (χ3v) is 15.2. The summed E-state index contributed by atoms with van der Waals surface area (Å²) in [6.07, 6.45) is 2.85. The molecule has 2 N–H and O–H groups in total. The van der Waals surface area contributed by atoms with E-state index in [0.717, 1.165) is 92.0 Å². The molecular formula is C48H48F2N10O7S. The van der Waals surface area contributed by atoms with Gasteiger partial charge in [0.2, 0.25) is 11.8 Å². The van der Waals surface area contributed by atoms with E-state index < -0.39 is 51.0 Å². The van der Waals surface area contributed by atoms with Gasteiger partial charge in [-0.1, -0.05) is 0 Å². The van der Waals surface area contributed by atoms with Crippen LogP contribution in [-0.2, 0) is 26.3 Å². The number of carbonyl (C=O) groups excluding carboxylic acids is 3. The van der Waals surface area contributed by atoms with Crippen molar-refractivity contribution in [3.05, 3.63) is 112 Å². The number of benzene rings is 4. The summed E-state index contributed by atoms with van der Waals surface area (Å²) in [6.45, 7) is 6.39. The third-order valence-electron chi connectivity index (χ3n) is 13.7. The summed E-state index contributed by atoms with van der Waals surface area (Å²) in [5, 5.41) is 12.5. The molecule has 5 aromatic rings. The van der Waals surface area contributed by atoms with Crippen LogP contribution in [0.4, 0.5) is 25.8 Å². The molecule has 352 valence electrons. The number of nitrogens with one attached hydrogen (secondary N) is 2. The van der Waals surface area contributed by atoms with E-state index in [-0.39, 0.29) is 54.6 Å². The number of anilines is 3. The van der Waals surface area contributed by atoms with Crippen molar-refractivity contribution in [3.8, 4) is 23.3 Å². The fourth-order valence-corrected chi connectivity index (χ4v) is 11.2. The number of halogens is 2. The number of nitriles is 1. The quantitative estimate of drug-likeness (QED) is 0.174. The predicted molar refractivity (Wildman–Crippen MR) is 248 cm³/mol. The standard InChI is InChI=1S/C48H48F2N10O7S/c49-32-15-18-58(28-32)68(65,66)54-42-10-8-40(50)45(39(42)25-51)67-36-6-9-41-38(24-36)48(64)60(29-52-41)34-3-1-33(2-4-34)57-21-19-55(20-22-57)26-30-13-16-56(17-14-30)35-5-7-37-31(23-35)27-59(47(37)63)43-11-12-44(61)53-46(43)62/h1-10,23-24,29-30,32,43,54H,11-22,26-28H2,(H,53,61,62)/t32-,43?/m1/s1. The van der Waals surface area contributed by atoms with Crippen LogP contribution in [0.2, 0.25) is 0 Å². The topological polar surface area (TPSA) is 194 Å². The average Bonchev–Trinajstić information content (AvgIpc) is 3.93. The number of rotatable bonds is 11. The lowest BCUT2D eigenvalue weighted by Crippen LogP contribution is -2.52. The van der Waals surface area contributed by atoms with E-state index in [1.54, 1.807) is 11.0 Å². The van der Waals surface area contributed by atoms with Crippen LogP contribution >= 0.6 is 0 Å². The Morgan fingerprint density at radius 1 is 0.838 bits per heavy atom. The van der Waals surface area contributed by atoms with E-state index in [1.807, 2.05) is 36.4 Å². The lowest BCUT2D eigenvalue weighted by Gasteiger charge is -2.40. The Hall–Kier alpha value is -6.95. The minimum atomic E-state index is -4.24. The predicted octanol–water partition coefficient (Wildman–Crippen LogP) is 4.69. The Kier molecular flexibility index (Phi) is 12.1. The number of alkyl halides is 1. The molecular weight excluding hydrogens is 899 g/mol. The molecule has 0 saturated carbocycles. The second kappa shape index (κ2) is 18.3.